The SMILES string of the molecule is O=C(NCCC=Cc1ccc(O)cc1[N+](=O)[O-])OCC1c2ccccc2-c2ccccc21. The van der Waals surface area contributed by atoms with Crippen LogP contribution in [0.1, 0.15) is 29.0 Å². The summed E-state index contributed by atoms with van der Waals surface area (Å²) in [5.41, 5.74) is 4.86. The van der Waals surface area contributed by atoms with E-state index in [-0.39, 0.29) is 24.0 Å². The van der Waals surface area contributed by atoms with Gasteiger partial charge in [-0.15, -0.1) is 0 Å². The molecule has 0 heterocycles. The fraction of sp³-hybridized carbons (Fsp3) is 0.160. The first-order valence-electron chi connectivity index (χ1n) is 10.3. The summed E-state index contributed by atoms with van der Waals surface area (Å²) in [6.45, 7) is 0.578. The Kier molecular flexibility index (Phi) is 6.17. The summed E-state index contributed by atoms with van der Waals surface area (Å²) in [7, 11) is 0. The van der Waals surface area contributed by atoms with Crippen molar-refractivity contribution in [2.45, 2.75) is 12.3 Å². The number of hydrogen-bond acceptors (Lipinski definition) is 5. The van der Waals surface area contributed by atoms with E-state index in [4.69, 9.17) is 4.74 Å². The van der Waals surface area contributed by atoms with Crippen molar-refractivity contribution >= 4 is 17.9 Å². The molecule has 0 saturated heterocycles. The average molecular weight is 430 g/mol. The molecule has 0 spiro atoms. The molecule has 3 aromatic carbocycles. The van der Waals surface area contributed by atoms with Gasteiger partial charge in [-0.05, 0) is 40.8 Å². The molecule has 0 aliphatic heterocycles. The van der Waals surface area contributed by atoms with Gasteiger partial charge in [-0.1, -0.05) is 60.7 Å². The van der Waals surface area contributed by atoms with Crippen LogP contribution in [0.15, 0.2) is 72.8 Å². The number of alkyl carbamates (subject to hydrolysis) is 1. The molecule has 0 unspecified atom stereocenters. The number of benzene rings is 3. The number of nitro groups is 1. The van der Waals surface area contributed by atoms with Gasteiger partial charge in [-0.3, -0.25) is 10.1 Å². The largest absolute Gasteiger partial charge is 0.508 e. The highest BCUT2D eigenvalue weighted by atomic mass is 16.6. The highest BCUT2D eigenvalue weighted by molar-refractivity contribution is 5.79. The number of fused-ring (bicyclic) bond motifs is 3. The fourth-order valence-electron chi connectivity index (χ4n) is 3.95. The van der Waals surface area contributed by atoms with Crippen molar-refractivity contribution < 1.29 is 19.6 Å². The minimum Gasteiger partial charge on any atom is -0.508 e. The number of nitrogens with zero attached hydrogens (tertiary/aromatic N) is 1. The van der Waals surface area contributed by atoms with Crippen LogP contribution in [0, 0.1) is 10.1 Å². The summed E-state index contributed by atoms with van der Waals surface area (Å²) >= 11 is 0. The van der Waals surface area contributed by atoms with Crippen molar-refractivity contribution in [2.75, 3.05) is 13.2 Å². The normalized spacial score (nSPS) is 12.4. The minimum absolute atomic E-state index is 0.00286. The molecule has 0 saturated carbocycles. The maximum absolute atomic E-state index is 12.2. The van der Waals surface area contributed by atoms with Crippen LogP contribution in [0.4, 0.5) is 10.5 Å². The van der Waals surface area contributed by atoms with Crippen LogP contribution in [0.25, 0.3) is 17.2 Å². The molecule has 1 amide bonds. The number of carbonyl (C=O) groups is 1. The molecule has 162 valence electrons. The van der Waals surface area contributed by atoms with Crippen LogP contribution < -0.4 is 5.32 Å². The van der Waals surface area contributed by atoms with Crippen LogP contribution >= 0.6 is 0 Å². The lowest BCUT2D eigenvalue weighted by Crippen LogP contribution is -2.26. The standard InChI is InChI=1S/C25H22N2O5/c28-18-13-12-17(24(15-18)27(30)31)7-5-6-14-26-25(29)32-16-23-21-10-3-1-8-19(21)20-9-2-4-11-22(20)23/h1-5,7-13,15,23,28H,6,14,16H2,(H,26,29). The molecule has 3 aromatic rings. The van der Waals surface area contributed by atoms with E-state index in [0.717, 1.165) is 17.2 Å². The van der Waals surface area contributed by atoms with Crippen LogP contribution in [0.2, 0.25) is 0 Å². The van der Waals surface area contributed by atoms with Gasteiger partial charge in [0.1, 0.15) is 12.4 Å². The number of nitro benzene ring substituents is 1. The fourth-order valence-corrected chi connectivity index (χ4v) is 3.95. The summed E-state index contributed by atoms with van der Waals surface area (Å²) in [5, 5.41) is 23.2. The molecule has 0 aromatic heterocycles. The predicted molar refractivity (Wildman–Crippen MR) is 121 cm³/mol. The number of amides is 1. The van der Waals surface area contributed by atoms with Crippen molar-refractivity contribution in [1.82, 2.24) is 5.32 Å². The number of aromatic hydroxyl groups is 1. The monoisotopic (exact) mass is 430 g/mol. The van der Waals surface area contributed by atoms with Gasteiger partial charge >= 0.3 is 6.09 Å². The Balaban J connectivity index is 1.29. The number of hydrogen-bond donors (Lipinski definition) is 2. The first-order chi connectivity index (χ1) is 15.5. The summed E-state index contributed by atoms with van der Waals surface area (Å²) in [5.74, 6) is -0.158. The molecule has 0 bridgehead atoms. The third-order valence-corrected chi connectivity index (χ3v) is 5.43. The lowest BCUT2D eigenvalue weighted by atomic mass is 9.98. The quantitative estimate of drug-likeness (QED) is 0.303. The van der Waals surface area contributed by atoms with E-state index in [0.29, 0.717) is 18.5 Å². The van der Waals surface area contributed by atoms with Crippen LogP contribution in [-0.4, -0.2) is 29.3 Å². The zero-order valence-electron chi connectivity index (χ0n) is 17.2. The number of nitrogens with one attached hydrogen (secondary N) is 1. The molecule has 32 heavy (non-hydrogen) atoms. The lowest BCUT2D eigenvalue weighted by Gasteiger charge is -2.14. The topological polar surface area (TPSA) is 102 Å². The second-order valence-electron chi connectivity index (χ2n) is 7.44. The Labute approximate surface area is 185 Å². The highest BCUT2D eigenvalue weighted by Gasteiger charge is 2.28. The van der Waals surface area contributed by atoms with Gasteiger partial charge in [0.15, 0.2) is 0 Å². The highest BCUT2D eigenvalue weighted by Crippen LogP contribution is 2.44. The molecule has 7 heteroatoms. The Morgan fingerprint density at radius 1 is 1.06 bits per heavy atom. The van der Waals surface area contributed by atoms with Crippen molar-refractivity contribution in [3.05, 3.63) is 99.6 Å². The molecule has 1 aliphatic carbocycles. The van der Waals surface area contributed by atoms with Gasteiger partial charge in [0.25, 0.3) is 5.69 Å². The van der Waals surface area contributed by atoms with E-state index in [9.17, 15) is 20.0 Å². The second-order valence-corrected chi connectivity index (χ2v) is 7.44. The van der Waals surface area contributed by atoms with Crippen molar-refractivity contribution in [3.8, 4) is 16.9 Å². The summed E-state index contributed by atoms with van der Waals surface area (Å²) < 4.78 is 5.48. The minimum atomic E-state index is -0.547. The zero-order chi connectivity index (χ0) is 22.5. The molecule has 0 radical (unpaired) electrons. The van der Waals surface area contributed by atoms with Crippen molar-refractivity contribution in [1.29, 1.82) is 0 Å². The summed E-state index contributed by atoms with van der Waals surface area (Å²) in [4.78, 5) is 22.7. The van der Waals surface area contributed by atoms with Crippen LogP contribution in [0.3, 0.4) is 0 Å². The van der Waals surface area contributed by atoms with E-state index in [1.54, 1.807) is 12.2 Å². The Morgan fingerprint density at radius 2 is 1.72 bits per heavy atom. The first kappa shape index (κ1) is 21.1. The van der Waals surface area contributed by atoms with Gasteiger partial charge in [-0.25, -0.2) is 4.79 Å². The van der Waals surface area contributed by atoms with Gasteiger partial charge < -0.3 is 15.2 Å². The molecule has 1 aliphatic rings. The number of rotatable bonds is 7. The van der Waals surface area contributed by atoms with Gasteiger partial charge in [0.2, 0.25) is 0 Å². The van der Waals surface area contributed by atoms with Gasteiger partial charge in [0, 0.05) is 12.5 Å². The molecule has 0 atom stereocenters. The number of phenolic OH excluding ortho intramolecular Hbond substituents is 1. The predicted octanol–water partition coefficient (Wildman–Crippen LogP) is 5.24. The van der Waals surface area contributed by atoms with E-state index in [2.05, 4.69) is 29.6 Å². The number of carbonyl (C=O) groups excluding carboxylic acids is 1. The van der Waals surface area contributed by atoms with Gasteiger partial charge in [-0.2, -0.15) is 0 Å². The van der Waals surface area contributed by atoms with E-state index >= 15 is 0 Å². The maximum Gasteiger partial charge on any atom is 0.407 e. The molecular weight excluding hydrogens is 408 g/mol. The Bertz CT molecular complexity index is 1140. The molecule has 0 fully saturated rings. The third-order valence-electron chi connectivity index (χ3n) is 5.43. The first-order valence-corrected chi connectivity index (χ1v) is 10.3. The molecule has 4 rings (SSSR count). The summed E-state index contributed by atoms with van der Waals surface area (Å²) in [6.07, 6.45) is 3.29. The van der Waals surface area contributed by atoms with E-state index in [1.165, 1.54) is 23.3 Å². The van der Waals surface area contributed by atoms with Crippen molar-refractivity contribution in [2.24, 2.45) is 0 Å². The van der Waals surface area contributed by atoms with Crippen LogP contribution in [0.5, 0.6) is 5.75 Å². The van der Waals surface area contributed by atoms with Crippen LogP contribution in [-0.2, 0) is 4.74 Å². The van der Waals surface area contributed by atoms with E-state index in [1.807, 2.05) is 24.3 Å². The third kappa shape index (κ3) is 4.46. The average Bonchev–Trinajstić information content (AvgIpc) is 3.12. The maximum atomic E-state index is 12.2. The van der Waals surface area contributed by atoms with Crippen molar-refractivity contribution in [3.63, 3.8) is 0 Å². The van der Waals surface area contributed by atoms with Gasteiger partial charge in [0.05, 0.1) is 16.6 Å². The molecule has 7 nitrogen and oxygen atoms in total. The molecule has 2 N–H and O–H groups in total. The number of ether oxygens (including phenoxy) is 1. The summed E-state index contributed by atoms with van der Waals surface area (Å²) in [6, 6.07) is 20.3. The molecular formula is C25H22N2O5. The zero-order valence-corrected chi connectivity index (χ0v) is 17.2. The lowest BCUT2D eigenvalue weighted by molar-refractivity contribution is -0.385. The number of phenols is 1. The Hall–Kier alpha value is -4.13. The second kappa shape index (κ2) is 9.34. The smallest absolute Gasteiger partial charge is 0.407 e. The van der Waals surface area contributed by atoms with E-state index < -0.39 is 11.0 Å². The Morgan fingerprint density at radius 3 is 2.38 bits per heavy atom.